The normalized spacial score (nSPS) is 18.9. The minimum Gasteiger partial charge on any atom is -0.368 e. The lowest BCUT2D eigenvalue weighted by Gasteiger charge is -2.25. The highest BCUT2D eigenvalue weighted by atomic mass is 32.1. The molecule has 0 N–H and O–H groups in total. The van der Waals surface area contributed by atoms with E-state index in [0.717, 1.165) is 29.1 Å². The zero-order valence-corrected chi connectivity index (χ0v) is 11.5. The Hall–Kier alpha value is -0.740. The third kappa shape index (κ3) is 2.29. The standard InChI is InChI=1S/C13H19NO2S/c1-4-13(3,16-5-2)12-14-11-9(15)7-6-8-10(11)17-12/h4-8H2,1-3H3. The van der Waals surface area contributed by atoms with Crippen LogP contribution in [-0.2, 0) is 16.8 Å². The fraction of sp³-hybridized carbons (Fsp3) is 0.692. The second kappa shape index (κ2) is 4.86. The first-order valence-electron chi connectivity index (χ1n) is 6.28. The molecular weight excluding hydrogens is 234 g/mol. The lowest BCUT2D eigenvalue weighted by molar-refractivity contribution is -0.0325. The molecule has 17 heavy (non-hydrogen) atoms. The molecule has 3 nitrogen and oxygen atoms in total. The highest BCUT2D eigenvalue weighted by Gasteiger charge is 2.32. The van der Waals surface area contributed by atoms with E-state index in [-0.39, 0.29) is 11.4 Å². The summed E-state index contributed by atoms with van der Waals surface area (Å²) >= 11 is 1.65. The molecular formula is C13H19NO2S. The number of hydrogen-bond acceptors (Lipinski definition) is 4. The summed E-state index contributed by atoms with van der Waals surface area (Å²) in [6, 6.07) is 0. The molecule has 94 valence electrons. The number of aryl methyl sites for hydroxylation is 1. The van der Waals surface area contributed by atoms with Crippen LogP contribution < -0.4 is 0 Å². The number of ketones is 1. The van der Waals surface area contributed by atoms with Crippen molar-refractivity contribution in [3.8, 4) is 0 Å². The molecule has 2 rings (SSSR count). The molecule has 0 fully saturated rings. The van der Waals surface area contributed by atoms with Crippen molar-refractivity contribution in [2.75, 3.05) is 6.61 Å². The third-order valence-electron chi connectivity index (χ3n) is 3.36. The molecule has 0 radical (unpaired) electrons. The summed E-state index contributed by atoms with van der Waals surface area (Å²) in [6.07, 6.45) is 3.48. The summed E-state index contributed by atoms with van der Waals surface area (Å²) in [5.41, 5.74) is 0.368. The molecule has 0 saturated carbocycles. The smallest absolute Gasteiger partial charge is 0.182 e. The van der Waals surface area contributed by atoms with E-state index in [0.29, 0.717) is 18.7 Å². The molecule has 4 heteroatoms. The maximum atomic E-state index is 11.8. The average molecular weight is 253 g/mol. The molecule has 0 aromatic carbocycles. The van der Waals surface area contributed by atoms with Gasteiger partial charge in [0.15, 0.2) is 5.78 Å². The second-order valence-corrected chi connectivity index (χ2v) is 5.67. The van der Waals surface area contributed by atoms with E-state index >= 15 is 0 Å². The Labute approximate surface area is 106 Å². The van der Waals surface area contributed by atoms with Gasteiger partial charge in [-0.25, -0.2) is 4.98 Å². The number of carbonyl (C=O) groups excluding carboxylic acids is 1. The monoisotopic (exact) mass is 253 g/mol. The van der Waals surface area contributed by atoms with Gasteiger partial charge in [-0.3, -0.25) is 4.79 Å². The van der Waals surface area contributed by atoms with Crippen LogP contribution in [0.1, 0.15) is 60.4 Å². The molecule has 1 aliphatic rings. The number of Topliss-reactive ketones (excluding diaryl/α,β-unsaturated/α-hetero) is 1. The molecule has 1 aromatic heterocycles. The Morgan fingerprint density at radius 1 is 1.41 bits per heavy atom. The molecule has 0 aliphatic heterocycles. The van der Waals surface area contributed by atoms with Gasteiger partial charge in [0.05, 0.1) is 0 Å². The molecule has 1 heterocycles. The van der Waals surface area contributed by atoms with E-state index in [4.69, 9.17) is 4.74 Å². The number of fused-ring (bicyclic) bond motifs is 1. The zero-order valence-electron chi connectivity index (χ0n) is 10.7. The van der Waals surface area contributed by atoms with Gasteiger partial charge in [-0.1, -0.05) is 6.92 Å². The number of ether oxygens (including phenoxy) is 1. The summed E-state index contributed by atoms with van der Waals surface area (Å²) in [7, 11) is 0. The van der Waals surface area contributed by atoms with Gasteiger partial charge in [0.25, 0.3) is 0 Å². The number of rotatable bonds is 4. The number of thiazole rings is 1. The molecule has 0 amide bonds. The van der Waals surface area contributed by atoms with Crippen LogP contribution in [0.15, 0.2) is 0 Å². The van der Waals surface area contributed by atoms with Gasteiger partial charge in [-0.2, -0.15) is 0 Å². The Balaban J connectivity index is 2.36. The summed E-state index contributed by atoms with van der Waals surface area (Å²) in [5, 5.41) is 0.960. The van der Waals surface area contributed by atoms with E-state index < -0.39 is 0 Å². The maximum absolute atomic E-state index is 11.8. The highest BCUT2D eigenvalue weighted by Crippen LogP contribution is 2.36. The quantitative estimate of drug-likeness (QED) is 0.826. The van der Waals surface area contributed by atoms with Crippen LogP contribution in [0.25, 0.3) is 0 Å². The first-order chi connectivity index (χ1) is 8.10. The molecule has 0 bridgehead atoms. The lowest BCUT2D eigenvalue weighted by atomic mass is 10.0. The van der Waals surface area contributed by atoms with Crippen LogP contribution in [0, 0.1) is 0 Å². The second-order valence-electron chi connectivity index (χ2n) is 4.58. The Morgan fingerprint density at radius 2 is 2.18 bits per heavy atom. The fourth-order valence-corrected chi connectivity index (χ4v) is 3.42. The van der Waals surface area contributed by atoms with Gasteiger partial charge in [0, 0.05) is 17.9 Å². The summed E-state index contributed by atoms with van der Waals surface area (Å²) in [6.45, 7) is 6.82. The largest absolute Gasteiger partial charge is 0.368 e. The fourth-order valence-electron chi connectivity index (χ4n) is 2.13. The van der Waals surface area contributed by atoms with E-state index in [1.165, 1.54) is 0 Å². The molecule has 1 atom stereocenters. The van der Waals surface area contributed by atoms with Gasteiger partial charge >= 0.3 is 0 Å². The van der Waals surface area contributed by atoms with Crippen LogP contribution in [0.5, 0.6) is 0 Å². The van der Waals surface area contributed by atoms with Gasteiger partial charge in [-0.05, 0) is 33.1 Å². The van der Waals surface area contributed by atoms with Gasteiger partial charge < -0.3 is 4.74 Å². The number of aromatic nitrogens is 1. The van der Waals surface area contributed by atoms with Crippen molar-refractivity contribution < 1.29 is 9.53 Å². The summed E-state index contributed by atoms with van der Waals surface area (Å²) < 4.78 is 5.81. The Kier molecular flexibility index (Phi) is 3.64. The first kappa shape index (κ1) is 12.7. The maximum Gasteiger partial charge on any atom is 0.182 e. The summed E-state index contributed by atoms with van der Waals surface area (Å²) in [5.74, 6) is 0.198. The van der Waals surface area contributed by atoms with Crippen LogP contribution in [-0.4, -0.2) is 17.4 Å². The van der Waals surface area contributed by atoms with Crippen LogP contribution in [0.2, 0.25) is 0 Å². The zero-order chi connectivity index (χ0) is 12.5. The Morgan fingerprint density at radius 3 is 2.76 bits per heavy atom. The number of nitrogens with zero attached hydrogens (tertiary/aromatic N) is 1. The average Bonchev–Trinajstić information content (AvgIpc) is 2.75. The topological polar surface area (TPSA) is 39.2 Å². The van der Waals surface area contributed by atoms with Gasteiger partial charge in [-0.15, -0.1) is 11.3 Å². The van der Waals surface area contributed by atoms with E-state index in [2.05, 4.69) is 18.8 Å². The van der Waals surface area contributed by atoms with E-state index in [9.17, 15) is 4.79 Å². The molecule has 1 aliphatic carbocycles. The van der Waals surface area contributed by atoms with Crippen molar-refractivity contribution in [3.05, 3.63) is 15.6 Å². The van der Waals surface area contributed by atoms with E-state index in [1.54, 1.807) is 11.3 Å². The van der Waals surface area contributed by atoms with Crippen molar-refractivity contribution in [3.63, 3.8) is 0 Å². The van der Waals surface area contributed by atoms with Crippen molar-refractivity contribution in [1.29, 1.82) is 0 Å². The number of hydrogen-bond donors (Lipinski definition) is 0. The van der Waals surface area contributed by atoms with Crippen molar-refractivity contribution in [1.82, 2.24) is 4.98 Å². The van der Waals surface area contributed by atoms with Gasteiger partial charge in [0.1, 0.15) is 16.3 Å². The SMILES string of the molecule is CCOC(C)(CC)c1nc2c(s1)CCCC2=O. The summed E-state index contributed by atoms with van der Waals surface area (Å²) in [4.78, 5) is 17.5. The Bertz CT molecular complexity index is 427. The predicted molar refractivity (Wildman–Crippen MR) is 68.7 cm³/mol. The lowest BCUT2D eigenvalue weighted by Crippen LogP contribution is -2.25. The first-order valence-corrected chi connectivity index (χ1v) is 7.09. The minimum absolute atomic E-state index is 0.198. The molecule has 0 spiro atoms. The minimum atomic E-state index is -0.336. The highest BCUT2D eigenvalue weighted by molar-refractivity contribution is 7.12. The van der Waals surface area contributed by atoms with E-state index in [1.807, 2.05) is 6.92 Å². The van der Waals surface area contributed by atoms with Crippen molar-refractivity contribution in [2.45, 2.75) is 52.1 Å². The van der Waals surface area contributed by atoms with Gasteiger partial charge in [0.2, 0.25) is 0 Å². The predicted octanol–water partition coefficient (Wildman–Crippen LogP) is 3.32. The van der Waals surface area contributed by atoms with Crippen LogP contribution in [0.4, 0.5) is 0 Å². The molecule has 0 saturated heterocycles. The van der Waals surface area contributed by atoms with Crippen LogP contribution in [0.3, 0.4) is 0 Å². The number of carbonyl (C=O) groups is 1. The molecule has 1 unspecified atom stereocenters. The van der Waals surface area contributed by atoms with Crippen LogP contribution >= 0.6 is 11.3 Å². The van der Waals surface area contributed by atoms with Crippen molar-refractivity contribution >= 4 is 17.1 Å². The van der Waals surface area contributed by atoms with Crippen molar-refractivity contribution in [2.24, 2.45) is 0 Å². The third-order valence-corrected chi connectivity index (χ3v) is 4.72. The molecule has 1 aromatic rings.